The van der Waals surface area contributed by atoms with Crippen LogP contribution in [0.1, 0.15) is 22.9 Å². The van der Waals surface area contributed by atoms with Gasteiger partial charge in [0.05, 0.1) is 18.7 Å². The van der Waals surface area contributed by atoms with Crippen LogP contribution < -0.4 is 10.2 Å². The van der Waals surface area contributed by atoms with Crippen LogP contribution in [0.5, 0.6) is 5.75 Å². The average molecular weight is 460 g/mol. The van der Waals surface area contributed by atoms with E-state index in [2.05, 4.69) is 0 Å². The summed E-state index contributed by atoms with van der Waals surface area (Å²) in [6.45, 7) is 0.131. The molecule has 1 aliphatic rings. The Labute approximate surface area is 199 Å². The average Bonchev–Trinajstić information content (AvgIpc) is 2.90. The molecule has 1 heterocycles. The lowest BCUT2D eigenvalue weighted by molar-refractivity contribution is -0.197. The van der Waals surface area contributed by atoms with Crippen molar-refractivity contribution in [2.24, 2.45) is 5.92 Å². The Balaban J connectivity index is 1.71. The topological polar surface area (TPSA) is 69.9 Å². The first-order chi connectivity index (χ1) is 16.6. The van der Waals surface area contributed by atoms with Crippen molar-refractivity contribution in [1.29, 1.82) is 0 Å². The minimum atomic E-state index is -0.942. The molecule has 1 aliphatic carbocycles. The predicted molar refractivity (Wildman–Crippen MR) is 130 cm³/mol. The first-order valence-electron chi connectivity index (χ1n) is 11.2. The van der Waals surface area contributed by atoms with Crippen LogP contribution in [0.25, 0.3) is 0 Å². The van der Waals surface area contributed by atoms with Gasteiger partial charge < -0.3 is 23.9 Å². The summed E-state index contributed by atoms with van der Waals surface area (Å²) >= 11 is 0. The monoisotopic (exact) mass is 459 g/mol. The van der Waals surface area contributed by atoms with Gasteiger partial charge in [-0.1, -0.05) is 78.9 Å². The predicted octanol–water partition coefficient (Wildman–Crippen LogP) is 4.24. The van der Waals surface area contributed by atoms with Crippen LogP contribution in [0.4, 0.5) is 0 Å². The molecule has 4 rings (SSSR count). The standard InChI is InChI=1S/C28H29NO5/c1-32-28(33-2)16-10-9-15-23(28)18-29-19-26(25(31)17-24(29)20-30)34-27(21-11-5-3-6-12-21)22-13-7-4-8-14-22/h3-17,19,23,27,30H,18,20H2,1-2H3. The van der Waals surface area contributed by atoms with E-state index in [0.717, 1.165) is 11.1 Å². The molecule has 6 heteroatoms. The van der Waals surface area contributed by atoms with Gasteiger partial charge in [0.15, 0.2) is 11.5 Å². The van der Waals surface area contributed by atoms with Crippen molar-refractivity contribution in [2.75, 3.05) is 14.2 Å². The van der Waals surface area contributed by atoms with Gasteiger partial charge in [-0.05, 0) is 17.2 Å². The molecule has 3 aromatic rings. The summed E-state index contributed by atoms with van der Waals surface area (Å²) in [5, 5.41) is 9.95. The van der Waals surface area contributed by atoms with Gasteiger partial charge in [-0.3, -0.25) is 4.79 Å². The fourth-order valence-electron chi connectivity index (χ4n) is 4.27. The smallest absolute Gasteiger partial charge is 0.223 e. The summed E-state index contributed by atoms with van der Waals surface area (Å²) in [4.78, 5) is 13.0. The maximum absolute atomic E-state index is 13.0. The molecule has 0 saturated carbocycles. The number of aliphatic hydroxyl groups is 1. The van der Waals surface area contributed by atoms with Crippen molar-refractivity contribution in [3.63, 3.8) is 0 Å². The number of nitrogens with zero attached hydrogens (tertiary/aromatic N) is 1. The summed E-state index contributed by atoms with van der Waals surface area (Å²) in [5.74, 6) is -0.930. The van der Waals surface area contributed by atoms with Gasteiger partial charge in [0.25, 0.3) is 0 Å². The number of rotatable bonds is 9. The fourth-order valence-corrected chi connectivity index (χ4v) is 4.27. The summed E-state index contributed by atoms with van der Waals surface area (Å²) < 4.78 is 19.5. The van der Waals surface area contributed by atoms with E-state index in [1.807, 2.05) is 89.5 Å². The van der Waals surface area contributed by atoms with E-state index in [0.29, 0.717) is 12.2 Å². The highest BCUT2D eigenvalue weighted by Crippen LogP contribution is 2.32. The summed E-state index contributed by atoms with van der Waals surface area (Å²) in [6.07, 6.45) is 8.86. The molecule has 1 unspecified atom stereocenters. The van der Waals surface area contributed by atoms with Gasteiger partial charge in [0, 0.05) is 32.5 Å². The lowest BCUT2D eigenvalue weighted by Crippen LogP contribution is -2.42. The van der Waals surface area contributed by atoms with E-state index in [-0.39, 0.29) is 23.7 Å². The first-order valence-corrected chi connectivity index (χ1v) is 11.2. The zero-order valence-corrected chi connectivity index (χ0v) is 19.3. The van der Waals surface area contributed by atoms with E-state index in [1.165, 1.54) is 6.07 Å². The molecule has 0 saturated heterocycles. The third-order valence-electron chi connectivity index (χ3n) is 6.13. The van der Waals surface area contributed by atoms with Crippen molar-refractivity contribution in [3.8, 4) is 5.75 Å². The van der Waals surface area contributed by atoms with Gasteiger partial charge in [0.2, 0.25) is 5.43 Å². The van der Waals surface area contributed by atoms with E-state index in [9.17, 15) is 9.90 Å². The second kappa shape index (κ2) is 10.7. The van der Waals surface area contributed by atoms with Crippen LogP contribution >= 0.6 is 0 Å². The molecule has 34 heavy (non-hydrogen) atoms. The highest BCUT2D eigenvalue weighted by molar-refractivity contribution is 5.33. The van der Waals surface area contributed by atoms with Crippen molar-refractivity contribution in [2.45, 2.75) is 25.0 Å². The molecule has 1 N–H and O–H groups in total. The van der Waals surface area contributed by atoms with Gasteiger partial charge in [-0.2, -0.15) is 0 Å². The maximum atomic E-state index is 13.0. The van der Waals surface area contributed by atoms with E-state index in [4.69, 9.17) is 14.2 Å². The summed E-state index contributed by atoms with van der Waals surface area (Å²) in [6, 6.07) is 21.0. The van der Waals surface area contributed by atoms with Crippen molar-refractivity contribution >= 4 is 0 Å². The molecular formula is C28H29NO5. The van der Waals surface area contributed by atoms with Gasteiger partial charge in [0.1, 0.15) is 6.10 Å². The number of hydrogen-bond donors (Lipinski definition) is 1. The maximum Gasteiger partial charge on any atom is 0.223 e. The molecule has 1 atom stereocenters. The second-order valence-electron chi connectivity index (χ2n) is 8.10. The second-order valence-corrected chi connectivity index (χ2v) is 8.10. The first kappa shape index (κ1) is 23.7. The molecule has 0 spiro atoms. The largest absolute Gasteiger partial charge is 0.475 e. The lowest BCUT2D eigenvalue weighted by Gasteiger charge is -2.36. The minimum absolute atomic E-state index is 0.188. The van der Waals surface area contributed by atoms with Crippen LogP contribution in [-0.4, -0.2) is 29.7 Å². The highest BCUT2D eigenvalue weighted by Gasteiger charge is 2.37. The third kappa shape index (κ3) is 4.89. The molecule has 2 aromatic carbocycles. The van der Waals surface area contributed by atoms with Gasteiger partial charge >= 0.3 is 0 Å². The van der Waals surface area contributed by atoms with Crippen LogP contribution in [0, 0.1) is 5.92 Å². The van der Waals surface area contributed by atoms with Crippen LogP contribution in [0.15, 0.2) is 102 Å². The van der Waals surface area contributed by atoms with E-state index < -0.39 is 11.9 Å². The zero-order chi connectivity index (χ0) is 24.0. The third-order valence-corrected chi connectivity index (χ3v) is 6.13. The summed E-state index contributed by atoms with van der Waals surface area (Å²) in [5.41, 5.74) is 2.06. The molecule has 1 aromatic heterocycles. The quantitative estimate of drug-likeness (QED) is 0.485. The number of allylic oxidation sites excluding steroid dienone is 2. The molecule has 6 nitrogen and oxygen atoms in total. The molecule has 0 fully saturated rings. The zero-order valence-electron chi connectivity index (χ0n) is 19.3. The number of benzene rings is 2. The Kier molecular flexibility index (Phi) is 7.43. The number of methoxy groups -OCH3 is 2. The van der Waals surface area contributed by atoms with Crippen LogP contribution in [0.2, 0.25) is 0 Å². The molecule has 176 valence electrons. The van der Waals surface area contributed by atoms with Crippen molar-refractivity contribution < 1.29 is 19.3 Å². The Morgan fingerprint density at radius 3 is 2.15 bits per heavy atom. The van der Waals surface area contributed by atoms with Crippen LogP contribution in [0.3, 0.4) is 0 Å². The van der Waals surface area contributed by atoms with E-state index >= 15 is 0 Å². The Morgan fingerprint density at radius 2 is 1.59 bits per heavy atom. The molecule has 0 bridgehead atoms. The normalized spacial score (nSPS) is 16.6. The van der Waals surface area contributed by atoms with Crippen LogP contribution in [-0.2, 0) is 22.6 Å². The van der Waals surface area contributed by atoms with Gasteiger partial charge in [-0.25, -0.2) is 0 Å². The molecular weight excluding hydrogens is 430 g/mol. The number of pyridine rings is 1. The molecule has 0 amide bonds. The number of aliphatic hydroxyl groups excluding tert-OH is 1. The fraction of sp³-hybridized carbons (Fsp3) is 0.250. The molecule has 0 aliphatic heterocycles. The number of ether oxygens (including phenoxy) is 3. The Bertz CT molecular complexity index is 1160. The Hall–Kier alpha value is -3.45. The number of hydrogen-bond acceptors (Lipinski definition) is 5. The SMILES string of the molecule is COC1(OC)C=CC=CC1Cn1cc(OC(c2ccccc2)c2ccccc2)c(=O)cc1CO. The number of aromatic nitrogens is 1. The Morgan fingerprint density at radius 1 is 0.971 bits per heavy atom. The minimum Gasteiger partial charge on any atom is -0.475 e. The van der Waals surface area contributed by atoms with Gasteiger partial charge in [-0.15, -0.1) is 0 Å². The lowest BCUT2D eigenvalue weighted by atomic mass is 9.93. The molecule has 0 radical (unpaired) electrons. The summed E-state index contributed by atoms with van der Waals surface area (Å²) in [7, 11) is 3.19. The highest BCUT2D eigenvalue weighted by atomic mass is 16.7. The van der Waals surface area contributed by atoms with E-state index in [1.54, 1.807) is 20.4 Å². The van der Waals surface area contributed by atoms with Crippen molar-refractivity contribution in [1.82, 2.24) is 4.57 Å². The van der Waals surface area contributed by atoms with Crippen molar-refractivity contribution in [3.05, 3.63) is 124 Å².